The van der Waals surface area contributed by atoms with Gasteiger partial charge in [0, 0.05) is 32.3 Å². The van der Waals surface area contributed by atoms with E-state index in [2.05, 4.69) is 16.9 Å². The second-order valence-corrected chi connectivity index (χ2v) is 2.68. The van der Waals surface area contributed by atoms with Crippen molar-refractivity contribution in [1.82, 2.24) is 9.88 Å². The number of aromatic nitrogens is 1. The molecule has 1 heterocycles. The molecule has 0 saturated heterocycles. The summed E-state index contributed by atoms with van der Waals surface area (Å²) >= 11 is 0. The van der Waals surface area contributed by atoms with Crippen LogP contribution in [-0.4, -0.2) is 29.8 Å². The minimum Gasteiger partial charge on any atom is -0.338 e. The number of hydrogen-bond acceptors (Lipinski definition) is 3. The van der Waals surface area contributed by atoms with E-state index in [9.17, 15) is 4.79 Å². The first-order chi connectivity index (χ1) is 6.20. The van der Waals surface area contributed by atoms with Gasteiger partial charge in [0.2, 0.25) is 0 Å². The molecule has 0 fully saturated rings. The molecule has 0 aliphatic heterocycles. The van der Waals surface area contributed by atoms with E-state index in [0.29, 0.717) is 5.69 Å². The third-order valence-corrected chi connectivity index (χ3v) is 1.29. The number of carbonyl (C=O) groups excluding carboxylic acids is 1. The first-order valence-electron chi connectivity index (χ1n) is 3.84. The highest BCUT2D eigenvalue weighted by Crippen LogP contribution is 1.93. The van der Waals surface area contributed by atoms with Crippen molar-refractivity contribution in [2.75, 3.05) is 14.1 Å². The third-order valence-electron chi connectivity index (χ3n) is 1.29. The van der Waals surface area contributed by atoms with Crippen molar-refractivity contribution >= 4 is 5.78 Å². The van der Waals surface area contributed by atoms with E-state index in [4.69, 9.17) is 0 Å². The Hall–Kier alpha value is -1.82. The zero-order valence-corrected chi connectivity index (χ0v) is 7.61. The summed E-state index contributed by atoms with van der Waals surface area (Å²) in [5.74, 6) is 2.22. The summed E-state index contributed by atoms with van der Waals surface area (Å²) in [6, 6.07) is 7.80. The van der Waals surface area contributed by atoms with Gasteiger partial charge in [0.25, 0.3) is 5.78 Å². The van der Waals surface area contributed by atoms with E-state index in [1.807, 2.05) is 0 Å². The summed E-state index contributed by atoms with van der Waals surface area (Å²) in [6.07, 6.45) is 1.57. The largest absolute Gasteiger partial charge is 0.338 e. The molecular weight excluding hydrogens is 164 g/mol. The first-order valence-corrected chi connectivity index (χ1v) is 3.84. The lowest BCUT2D eigenvalue weighted by atomic mass is 10.2. The summed E-state index contributed by atoms with van der Waals surface area (Å²) in [5, 5.41) is 0. The number of Topliss-reactive ketones (excluding diaryl/α,β-unsaturated/α-hetero) is 1. The molecule has 0 aliphatic carbocycles. The molecule has 0 radical (unpaired) electrons. The number of hydrogen-bond donors (Lipinski definition) is 0. The zero-order valence-electron chi connectivity index (χ0n) is 7.61. The smallest absolute Gasteiger partial charge is 0.255 e. The van der Waals surface area contributed by atoms with Gasteiger partial charge in [-0.25, -0.2) is 0 Å². The predicted octanol–water partition coefficient (Wildman–Crippen LogP) is 0.787. The Bertz CT molecular complexity index is 346. The second-order valence-electron chi connectivity index (χ2n) is 2.68. The van der Waals surface area contributed by atoms with Crippen LogP contribution in [0.3, 0.4) is 0 Å². The molecule has 0 unspecified atom stereocenters. The van der Waals surface area contributed by atoms with Crippen LogP contribution in [0, 0.1) is 12.0 Å². The van der Waals surface area contributed by atoms with E-state index in [-0.39, 0.29) is 5.78 Å². The fourth-order valence-electron chi connectivity index (χ4n) is 0.724. The lowest BCUT2D eigenvalue weighted by Crippen LogP contribution is -2.04. The highest BCUT2D eigenvalue weighted by atomic mass is 16.1. The van der Waals surface area contributed by atoms with Gasteiger partial charge in [-0.3, -0.25) is 9.78 Å². The molecule has 66 valence electrons. The van der Waals surface area contributed by atoms with E-state index < -0.39 is 0 Å². The molecule has 0 bridgehead atoms. The minimum absolute atomic E-state index is 0.255. The van der Waals surface area contributed by atoms with E-state index in [1.165, 1.54) is 0 Å². The Kier molecular flexibility index (Phi) is 3.04. The number of pyridine rings is 1. The van der Waals surface area contributed by atoms with Gasteiger partial charge in [-0.2, -0.15) is 0 Å². The zero-order chi connectivity index (χ0) is 9.68. The highest BCUT2D eigenvalue weighted by molar-refractivity contribution is 6.07. The van der Waals surface area contributed by atoms with Crippen LogP contribution in [0.2, 0.25) is 0 Å². The van der Waals surface area contributed by atoms with Gasteiger partial charge in [-0.05, 0) is 12.1 Å². The molecule has 0 aromatic carbocycles. The Morgan fingerprint density at radius 3 is 2.77 bits per heavy atom. The second kappa shape index (κ2) is 4.27. The van der Waals surface area contributed by atoms with Crippen molar-refractivity contribution in [1.29, 1.82) is 0 Å². The molecule has 1 rings (SSSR count). The van der Waals surface area contributed by atoms with Gasteiger partial charge in [0.1, 0.15) is 5.69 Å². The summed E-state index contributed by atoms with van der Waals surface area (Å²) in [5.41, 5.74) is 0.386. The molecular formula is C10H10N2O. The number of rotatable bonds is 1. The highest BCUT2D eigenvalue weighted by Gasteiger charge is 2.00. The van der Waals surface area contributed by atoms with Crippen molar-refractivity contribution in [3.8, 4) is 12.0 Å². The Balaban J connectivity index is 2.78. The van der Waals surface area contributed by atoms with E-state index >= 15 is 0 Å². The molecule has 13 heavy (non-hydrogen) atoms. The quantitative estimate of drug-likeness (QED) is 0.358. The molecule has 0 spiro atoms. The van der Waals surface area contributed by atoms with Crippen LogP contribution in [-0.2, 0) is 0 Å². The maximum Gasteiger partial charge on any atom is 0.255 e. The fourth-order valence-corrected chi connectivity index (χ4v) is 0.724. The van der Waals surface area contributed by atoms with Gasteiger partial charge in [0.15, 0.2) is 0 Å². The van der Waals surface area contributed by atoms with Crippen LogP contribution >= 0.6 is 0 Å². The molecule has 0 aliphatic rings. The SMILES string of the molecule is CN(C)C#CC(=O)c1ccccn1. The lowest BCUT2D eigenvalue weighted by molar-refractivity contribution is 0.105. The van der Waals surface area contributed by atoms with Crippen LogP contribution in [0.1, 0.15) is 10.5 Å². The van der Waals surface area contributed by atoms with E-state index in [1.54, 1.807) is 43.4 Å². The third kappa shape index (κ3) is 2.96. The molecule has 0 amide bonds. The molecule has 0 saturated carbocycles. The van der Waals surface area contributed by atoms with Crippen LogP contribution in [0.5, 0.6) is 0 Å². The normalized spacial score (nSPS) is 8.46. The van der Waals surface area contributed by atoms with Crippen molar-refractivity contribution in [3.05, 3.63) is 30.1 Å². The standard InChI is InChI=1S/C10H10N2O/c1-12(2)8-6-10(13)9-5-3-4-7-11-9/h3-5,7H,1-2H3. The Labute approximate surface area is 77.4 Å². The van der Waals surface area contributed by atoms with Crippen LogP contribution in [0.15, 0.2) is 24.4 Å². The van der Waals surface area contributed by atoms with Gasteiger partial charge in [-0.15, -0.1) is 0 Å². The first kappa shape index (κ1) is 9.27. The van der Waals surface area contributed by atoms with Gasteiger partial charge >= 0.3 is 0 Å². The monoisotopic (exact) mass is 174 g/mol. The lowest BCUT2D eigenvalue weighted by Gasteiger charge is -1.96. The summed E-state index contributed by atoms with van der Waals surface area (Å²) in [4.78, 5) is 16.8. The molecule has 1 aromatic rings. The van der Waals surface area contributed by atoms with Crippen molar-refractivity contribution < 1.29 is 4.79 Å². The Morgan fingerprint density at radius 1 is 1.46 bits per heavy atom. The van der Waals surface area contributed by atoms with Crippen molar-refractivity contribution in [2.24, 2.45) is 0 Å². The molecule has 0 N–H and O–H groups in total. The van der Waals surface area contributed by atoms with Gasteiger partial charge < -0.3 is 4.90 Å². The summed E-state index contributed by atoms with van der Waals surface area (Å²) in [7, 11) is 3.55. The van der Waals surface area contributed by atoms with Crippen LogP contribution in [0.4, 0.5) is 0 Å². The number of nitrogens with zero attached hydrogens (tertiary/aromatic N) is 2. The van der Waals surface area contributed by atoms with Crippen LogP contribution < -0.4 is 0 Å². The molecule has 0 atom stereocenters. The average molecular weight is 174 g/mol. The van der Waals surface area contributed by atoms with E-state index in [0.717, 1.165) is 0 Å². The minimum atomic E-state index is -0.255. The molecule has 3 heteroatoms. The topological polar surface area (TPSA) is 33.2 Å². The Morgan fingerprint density at radius 2 is 2.23 bits per heavy atom. The van der Waals surface area contributed by atoms with Crippen LogP contribution in [0.25, 0.3) is 0 Å². The summed E-state index contributed by atoms with van der Waals surface area (Å²) < 4.78 is 0. The number of carbonyl (C=O) groups is 1. The number of ketones is 1. The predicted molar refractivity (Wildman–Crippen MR) is 50.0 cm³/mol. The van der Waals surface area contributed by atoms with Gasteiger partial charge in [-0.1, -0.05) is 6.07 Å². The molecule has 1 aromatic heterocycles. The maximum absolute atomic E-state index is 11.3. The van der Waals surface area contributed by atoms with Crippen molar-refractivity contribution in [2.45, 2.75) is 0 Å². The average Bonchev–Trinajstić information content (AvgIpc) is 2.15. The van der Waals surface area contributed by atoms with Gasteiger partial charge in [0.05, 0.1) is 0 Å². The fraction of sp³-hybridized carbons (Fsp3) is 0.200. The maximum atomic E-state index is 11.3. The van der Waals surface area contributed by atoms with Crippen molar-refractivity contribution in [3.63, 3.8) is 0 Å². The molecule has 3 nitrogen and oxygen atoms in total. The summed E-state index contributed by atoms with van der Waals surface area (Å²) in [6.45, 7) is 0.